The summed E-state index contributed by atoms with van der Waals surface area (Å²) in [6.45, 7) is 4.10. The Labute approximate surface area is 123 Å². The summed E-state index contributed by atoms with van der Waals surface area (Å²) in [5.41, 5.74) is 4.19. The summed E-state index contributed by atoms with van der Waals surface area (Å²) in [4.78, 5) is 0. The summed E-state index contributed by atoms with van der Waals surface area (Å²) in [7, 11) is 0. The van der Waals surface area contributed by atoms with Gasteiger partial charge in [-0.15, -0.1) is 0 Å². The van der Waals surface area contributed by atoms with Crippen molar-refractivity contribution < 1.29 is 5.11 Å². The Hall–Kier alpha value is -1.02. The Kier molecular flexibility index (Phi) is 4.51. The van der Waals surface area contributed by atoms with Gasteiger partial charge in [0, 0.05) is 22.0 Å². The smallest absolute Gasteiger partial charge is 0.0845 e. The SMILES string of the molecule is Cc1cccc(C)c1CC(O)c1cc(Cl)ccc1Cl. The van der Waals surface area contributed by atoms with Crippen molar-refractivity contribution >= 4 is 23.2 Å². The van der Waals surface area contributed by atoms with Crippen molar-refractivity contribution in [1.29, 1.82) is 0 Å². The number of hydrogen-bond acceptors (Lipinski definition) is 1. The topological polar surface area (TPSA) is 20.2 Å². The number of benzene rings is 2. The van der Waals surface area contributed by atoms with Crippen LogP contribution in [0.1, 0.15) is 28.4 Å². The van der Waals surface area contributed by atoms with E-state index in [-0.39, 0.29) is 0 Å². The first-order valence-corrected chi connectivity index (χ1v) is 6.92. The van der Waals surface area contributed by atoms with Crippen LogP contribution in [-0.4, -0.2) is 5.11 Å². The van der Waals surface area contributed by atoms with Crippen LogP contribution in [0.15, 0.2) is 36.4 Å². The van der Waals surface area contributed by atoms with Gasteiger partial charge in [0.05, 0.1) is 6.10 Å². The first-order chi connectivity index (χ1) is 8.99. The van der Waals surface area contributed by atoms with E-state index in [2.05, 4.69) is 26.0 Å². The molecule has 1 atom stereocenters. The van der Waals surface area contributed by atoms with Gasteiger partial charge in [-0.2, -0.15) is 0 Å². The maximum absolute atomic E-state index is 10.4. The van der Waals surface area contributed by atoms with Gasteiger partial charge in [0.2, 0.25) is 0 Å². The van der Waals surface area contributed by atoms with Crippen LogP contribution in [0.5, 0.6) is 0 Å². The molecular formula is C16H16Cl2O. The highest BCUT2D eigenvalue weighted by molar-refractivity contribution is 6.33. The van der Waals surface area contributed by atoms with Crippen LogP contribution in [0.3, 0.4) is 0 Å². The van der Waals surface area contributed by atoms with Gasteiger partial charge in [-0.25, -0.2) is 0 Å². The van der Waals surface area contributed by atoms with Crippen LogP contribution in [0.2, 0.25) is 10.0 Å². The Morgan fingerprint density at radius 2 is 1.68 bits per heavy atom. The van der Waals surface area contributed by atoms with Crippen molar-refractivity contribution in [2.75, 3.05) is 0 Å². The maximum Gasteiger partial charge on any atom is 0.0845 e. The van der Waals surface area contributed by atoms with Gasteiger partial charge in [0.15, 0.2) is 0 Å². The van der Waals surface area contributed by atoms with Gasteiger partial charge in [-0.05, 0) is 48.7 Å². The molecule has 0 heterocycles. The minimum atomic E-state index is -0.647. The van der Waals surface area contributed by atoms with Crippen molar-refractivity contribution in [2.45, 2.75) is 26.4 Å². The van der Waals surface area contributed by atoms with E-state index in [9.17, 15) is 5.11 Å². The fraction of sp³-hybridized carbons (Fsp3) is 0.250. The molecule has 3 heteroatoms. The van der Waals surface area contributed by atoms with Gasteiger partial charge >= 0.3 is 0 Å². The maximum atomic E-state index is 10.4. The third-order valence-corrected chi connectivity index (χ3v) is 3.94. The van der Waals surface area contributed by atoms with Gasteiger partial charge in [0.1, 0.15) is 0 Å². The molecule has 0 aliphatic rings. The molecule has 0 aliphatic carbocycles. The standard InChI is InChI=1S/C16H16Cl2O/c1-10-4-3-5-11(2)13(10)9-16(19)14-8-12(17)6-7-15(14)18/h3-8,16,19H,9H2,1-2H3. The van der Waals surface area contributed by atoms with E-state index in [1.165, 1.54) is 11.1 Å². The zero-order valence-electron chi connectivity index (χ0n) is 11.0. The van der Waals surface area contributed by atoms with Crippen LogP contribution in [0.25, 0.3) is 0 Å². The normalized spacial score (nSPS) is 12.5. The van der Waals surface area contributed by atoms with E-state index < -0.39 is 6.10 Å². The molecule has 0 aliphatic heterocycles. The molecular weight excluding hydrogens is 279 g/mol. The van der Waals surface area contributed by atoms with E-state index >= 15 is 0 Å². The number of halogens is 2. The molecule has 0 radical (unpaired) electrons. The third kappa shape index (κ3) is 3.30. The molecule has 2 aromatic carbocycles. The zero-order valence-corrected chi connectivity index (χ0v) is 12.5. The molecule has 100 valence electrons. The van der Waals surface area contributed by atoms with E-state index in [0.29, 0.717) is 22.0 Å². The molecule has 19 heavy (non-hydrogen) atoms. The molecule has 2 rings (SSSR count). The van der Waals surface area contributed by atoms with E-state index in [1.54, 1.807) is 18.2 Å². The molecule has 0 fully saturated rings. The number of aliphatic hydroxyl groups is 1. The van der Waals surface area contributed by atoms with Crippen LogP contribution in [0, 0.1) is 13.8 Å². The Bertz CT molecular complexity index is 573. The van der Waals surface area contributed by atoms with Gasteiger partial charge in [-0.1, -0.05) is 41.4 Å². The number of aryl methyl sites for hydroxylation is 2. The lowest BCUT2D eigenvalue weighted by Crippen LogP contribution is -2.05. The number of rotatable bonds is 3. The first kappa shape index (κ1) is 14.4. The lowest BCUT2D eigenvalue weighted by atomic mass is 9.94. The molecule has 2 aromatic rings. The Morgan fingerprint density at radius 3 is 2.32 bits per heavy atom. The molecule has 1 nitrogen and oxygen atoms in total. The molecule has 0 saturated heterocycles. The summed E-state index contributed by atoms with van der Waals surface area (Å²) in [5, 5.41) is 11.5. The van der Waals surface area contributed by atoms with Crippen molar-refractivity contribution in [2.24, 2.45) is 0 Å². The summed E-state index contributed by atoms with van der Waals surface area (Å²) >= 11 is 12.1. The molecule has 1 unspecified atom stereocenters. The molecule has 1 N–H and O–H groups in total. The number of aliphatic hydroxyl groups excluding tert-OH is 1. The monoisotopic (exact) mass is 294 g/mol. The minimum absolute atomic E-state index is 0.540. The molecule has 0 saturated carbocycles. The van der Waals surface area contributed by atoms with Crippen molar-refractivity contribution in [1.82, 2.24) is 0 Å². The second kappa shape index (κ2) is 5.96. The van der Waals surface area contributed by atoms with Crippen molar-refractivity contribution in [3.63, 3.8) is 0 Å². The largest absolute Gasteiger partial charge is 0.388 e. The van der Waals surface area contributed by atoms with E-state index in [1.807, 2.05) is 6.07 Å². The highest BCUT2D eigenvalue weighted by Crippen LogP contribution is 2.29. The Morgan fingerprint density at radius 1 is 1.05 bits per heavy atom. The van der Waals surface area contributed by atoms with Crippen LogP contribution in [0.4, 0.5) is 0 Å². The van der Waals surface area contributed by atoms with Crippen LogP contribution < -0.4 is 0 Å². The van der Waals surface area contributed by atoms with E-state index in [4.69, 9.17) is 23.2 Å². The quantitative estimate of drug-likeness (QED) is 0.855. The van der Waals surface area contributed by atoms with Crippen LogP contribution >= 0.6 is 23.2 Å². The van der Waals surface area contributed by atoms with Crippen molar-refractivity contribution in [3.05, 3.63) is 68.7 Å². The molecule has 0 amide bonds. The van der Waals surface area contributed by atoms with Crippen LogP contribution in [-0.2, 0) is 6.42 Å². The summed E-state index contributed by atoms with van der Waals surface area (Å²) in [6, 6.07) is 11.3. The lowest BCUT2D eigenvalue weighted by molar-refractivity contribution is 0.178. The zero-order chi connectivity index (χ0) is 14.0. The summed E-state index contributed by atoms with van der Waals surface area (Å²) in [5.74, 6) is 0. The minimum Gasteiger partial charge on any atom is -0.388 e. The van der Waals surface area contributed by atoms with Gasteiger partial charge in [0.25, 0.3) is 0 Å². The fourth-order valence-corrected chi connectivity index (χ4v) is 2.67. The molecule has 0 spiro atoms. The molecule has 0 aromatic heterocycles. The summed E-state index contributed by atoms with van der Waals surface area (Å²) < 4.78 is 0. The predicted molar refractivity (Wildman–Crippen MR) is 81.0 cm³/mol. The first-order valence-electron chi connectivity index (χ1n) is 6.17. The van der Waals surface area contributed by atoms with E-state index in [0.717, 1.165) is 5.56 Å². The Balaban J connectivity index is 2.31. The lowest BCUT2D eigenvalue weighted by Gasteiger charge is -2.16. The third-order valence-electron chi connectivity index (χ3n) is 3.36. The second-order valence-electron chi connectivity index (χ2n) is 4.76. The average molecular weight is 295 g/mol. The predicted octanol–water partition coefficient (Wildman–Crippen LogP) is 4.89. The van der Waals surface area contributed by atoms with Gasteiger partial charge < -0.3 is 5.11 Å². The summed E-state index contributed by atoms with van der Waals surface area (Å²) in [6.07, 6.45) is -0.107. The second-order valence-corrected chi connectivity index (χ2v) is 5.60. The molecule has 0 bridgehead atoms. The highest BCUT2D eigenvalue weighted by Gasteiger charge is 2.15. The highest BCUT2D eigenvalue weighted by atomic mass is 35.5. The average Bonchev–Trinajstić information content (AvgIpc) is 2.37. The fourth-order valence-electron chi connectivity index (χ4n) is 2.24. The van der Waals surface area contributed by atoms with Gasteiger partial charge in [-0.3, -0.25) is 0 Å². The number of hydrogen-bond donors (Lipinski definition) is 1. The van der Waals surface area contributed by atoms with Crippen molar-refractivity contribution in [3.8, 4) is 0 Å².